The van der Waals surface area contributed by atoms with Crippen LogP contribution in [-0.4, -0.2) is 37.1 Å². The highest BCUT2D eigenvalue weighted by atomic mass is 15.2. The summed E-state index contributed by atoms with van der Waals surface area (Å²) in [6.07, 6.45) is 3.11. The number of nitriles is 1. The first-order valence-corrected chi connectivity index (χ1v) is 6.41. The molecule has 16 heavy (non-hydrogen) atoms. The van der Waals surface area contributed by atoms with Crippen molar-refractivity contribution >= 4 is 0 Å². The highest BCUT2D eigenvalue weighted by Crippen LogP contribution is 2.21. The van der Waals surface area contributed by atoms with Crippen LogP contribution in [0.1, 0.15) is 40.0 Å². The molecule has 3 nitrogen and oxygen atoms in total. The molecule has 0 spiro atoms. The standard InChI is InChI=1S/C13H25N3/c1-4-5-8-16-11-13(2,3)10-15-9-12(16)6-7-14/h12,15H,4-6,8-11H2,1-3H3. The third-order valence-corrected chi connectivity index (χ3v) is 3.26. The van der Waals surface area contributed by atoms with Crippen molar-refractivity contribution in [2.45, 2.75) is 46.1 Å². The van der Waals surface area contributed by atoms with Crippen molar-refractivity contribution < 1.29 is 0 Å². The lowest BCUT2D eigenvalue weighted by atomic mass is 9.93. The van der Waals surface area contributed by atoms with Crippen LogP contribution in [0.25, 0.3) is 0 Å². The second-order valence-corrected chi connectivity index (χ2v) is 5.64. The van der Waals surface area contributed by atoms with Gasteiger partial charge in [-0.2, -0.15) is 5.26 Å². The first kappa shape index (κ1) is 13.5. The van der Waals surface area contributed by atoms with Crippen LogP contribution in [0.3, 0.4) is 0 Å². The summed E-state index contributed by atoms with van der Waals surface area (Å²) in [7, 11) is 0. The molecule has 1 unspecified atom stereocenters. The maximum absolute atomic E-state index is 8.88. The van der Waals surface area contributed by atoms with Crippen LogP contribution in [-0.2, 0) is 0 Å². The molecule has 0 amide bonds. The van der Waals surface area contributed by atoms with E-state index >= 15 is 0 Å². The van der Waals surface area contributed by atoms with Gasteiger partial charge < -0.3 is 5.32 Å². The molecule has 1 fully saturated rings. The van der Waals surface area contributed by atoms with Crippen LogP contribution >= 0.6 is 0 Å². The quantitative estimate of drug-likeness (QED) is 0.792. The van der Waals surface area contributed by atoms with Crippen molar-refractivity contribution in [3.05, 3.63) is 0 Å². The maximum Gasteiger partial charge on any atom is 0.0638 e. The van der Waals surface area contributed by atoms with E-state index in [4.69, 9.17) is 5.26 Å². The van der Waals surface area contributed by atoms with E-state index in [1.54, 1.807) is 0 Å². The summed E-state index contributed by atoms with van der Waals surface area (Å²) in [6.45, 7) is 11.1. The van der Waals surface area contributed by atoms with Crippen molar-refractivity contribution in [1.82, 2.24) is 10.2 Å². The van der Waals surface area contributed by atoms with Gasteiger partial charge in [0.1, 0.15) is 0 Å². The molecule has 0 bridgehead atoms. The Morgan fingerprint density at radius 3 is 2.88 bits per heavy atom. The first-order valence-electron chi connectivity index (χ1n) is 6.41. The Labute approximate surface area is 99.8 Å². The molecule has 1 N–H and O–H groups in total. The maximum atomic E-state index is 8.88. The summed E-state index contributed by atoms with van der Waals surface area (Å²) < 4.78 is 0. The highest BCUT2D eigenvalue weighted by molar-refractivity contribution is 4.90. The van der Waals surface area contributed by atoms with Crippen LogP contribution in [0, 0.1) is 16.7 Å². The van der Waals surface area contributed by atoms with Crippen molar-refractivity contribution in [3.8, 4) is 6.07 Å². The van der Waals surface area contributed by atoms with Gasteiger partial charge >= 0.3 is 0 Å². The monoisotopic (exact) mass is 223 g/mol. The predicted octanol–water partition coefficient (Wildman–Crippen LogP) is 2.00. The summed E-state index contributed by atoms with van der Waals surface area (Å²) in [5, 5.41) is 12.4. The average Bonchev–Trinajstić information content (AvgIpc) is 2.35. The van der Waals surface area contributed by atoms with Gasteiger partial charge in [0.05, 0.1) is 12.5 Å². The number of rotatable bonds is 4. The molecule has 1 aliphatic rings. The Bertz CT molecular complexity index is 242. The van der Waals surface area contributed by atoms with Crippen LogP contribution < -0.4 is 5.32 Å². The Kier molecular flexibility index (Phi) is 5.24. The lowest BCUT2D eigenvalue weighted by Gasteiger charge is -2.32. The number of hydrogen-bond donors (Lipinski definition) is 1. The molecule has 0 saturated carbocycles. The summed E-state index contributed by atoms with van der Waals surface area (Å²) in [6, 6.07) is 2.72. The minimum absolute atomic E-state index is 0.317. The molecule has 1 saturated heterocycles. The fourth-order valence-electron chi connectivity index (χ4n) is 2.37. The Hall–Kier alpha value is -0.590. The molecule has 0 aromatic carbocycles. The zero-order valence-corrected chi connectivity index (χ0v) is 10.9. The van der Waals surface area contributed by atoms with E-state index in [1.165, 1.54) is 12.8 Å². The highest BCUT2D eigenvalue weighted by Gasteiger charge is 2.29. The van der Waals surface area contributed by atoms with E-state index in [-0.39, 0.29) is 0 Å². The topological polar surface area (TPSA) is 39.1 Å². The van der Waals surface area contributed by atoms with Crippen LogP contribution in [0.2, 0.25) is 0 Å². The smallest absolute Gasteiger partial charge is 0.0638 e. The zero-order valence-electron chi connectivity index (χ0n) is 10.9. The van der Waals surface area contributed by atoms with Gasteiger partial charge in [0.25, 0.3) is 0 Å². The predicted molar refractivity (Wildman–Crippen MR) is 67.1 cm³/mol. The van der Waals surface area contributed by atoms with Crippen molar-refractivity contribution in [2.24, 2.45) is 5.41 Å². The number of hydrogen-bond acceptors (Lipinski definition) is 3. The third-order valence-electron chi connectivity index (χ3n) is 3.26. The van der Waals surface area contributed by atoms with Crippen molar-refractivity contribution in [1.29, 1.82) is 5.26 Å². The van der Waals surface area contributed by atoms with E-state index in [2.05, 4.69) is 37.1 Å². The summed E-state index contributed by atoms with van der Waals surface area (Å²) in [4.78, 5) is 2.51. The van der Waals surface area contributed by atoms with Gasteiger partial charge in [-0.1, -0.05) is 27.2 Å². The lowest BCUT2D eigenvalue weighted by molar-refractivity contribution is 0.156. The third kappa shape index (κ3) is 4.11. The molecule has 0 aromatic rings. The van der Waals surface area contributed by atoms with Gasteiger partial charge in [-0.15, -0.1) is 0 Å². The Balaban J connectivity index is 2.63. The van der Waals surface area contributed by atoms with Crippen LogP contribution in [0.4, 0.5) is 0 Å². The fourth-order valence-corrected chi connectivity index (χ4v) is 2.37. The van der Waals surface area contributed by atoms with Crippen LogP contribution in [0.5, 0.6) is 0 Å². The Morgan fingerprint density at radius 1 is 1.50 bits per heavy atom. The molecule has 1 atom stereocenters. The minimum Gasteiger partial charge on any atom is -0.315 e. The summed E-state index contributed by atoms with van der Waals surface area (Å²) in [5.74, 6) is 0. The van der Waals surface area contributed by atoms with Gasteiger partial charge in [-0.05, 0) is 18.4 Å². The summed E-state index contributed by atoms with van der Waals surface area (Å²) in [5.41, 5.74) is 0.317. The van der Waals surface area contributed by atoms with Gasteiger partial charge in [-0.25, -0.2) is 0 Å². The molecule has 0 aromatic heterocycles. The fraction of sp³-hybridized carbons (Fsp3) is 0.923. The van der Waals surface area contributed by atoms with E-state index in [1.807, 2.05) is 0 Å². The molecule has 0 radical (unpaired) electrons. The van der Waals surface area contributed by atoms with Crippen LogP contribution in [0.15, 0.2) is 0 Å². The number of unbranched alkanes of at least 4 members (excludes halogenated alkanes) is 1. The molecule has 1 aliphatic heterocycles. The largest absolute Gasteiger partial charge is 0.315 e. The second-order valence-electron chi connectivity index (χ2n) is 5.64. The van der Waals surface area contributed by atoms with Gasteiger partial charge in [0, 0.05) is 25.7 Å². The van der Waals surface area contributed by atoms with Crippen molar-refractivity contribution in [2.75, 3.05) is 26.2 Å². The Morgan fingerprint density at radius 2 is 2.25 bits per heavy atom. The molecular weight excluding hydrogens is 198 g/mol. The second kappa shape index (κ2) is 6.22. The molecule has 3 heteroatoms. The number of nitrogens with one attached hydrogen (secondary N) is 1. The van der Waals surface area contributed by atoms with E-state index in [0.29, 0.717) is 17.9 Å². The lowest BCUT2D eigenvalue weighted by Crippen LogP contribution is -2.41. The van der Waals surface area contributed by atoms with Gasteiger partial charge in [0.2, 0.25) is 0 Å². The van der Waals surface area contributed by atoms with E-state index in [0.717, 1.165) is 26.2 Å². The van der Waals surface area contributed by atoms with Crippen molar-refractivity contribution in [3.63, 3.8) is 0 Å². The molecule has 1 rings (SSSR count). The van der Waals surface area contributed by atoms with E-state index in [9.17, 15) is 0 Å². The molecule has 92 valence electrons. The number of nitrogens with zero attached hydrogens (tertiary/aromatic N) is 2. The van der Waals surface area contributed by atoms with Gasteiger partial charge in [-0.3, -0.25) is 4.90 Å². The zero-order chi connectivity index (χ0) is 12.0. The van der Waals surface area contributed by atoms with E-state index < -0.39 is 0 Å². The summed E-state index contributed by atoms with van der Waals surface area (Å²) >= 11 is 0. The SMILES string of the molecule is CCCCN1CC(C)(C)CNCC1CC#N. The molecular formula is C13H25N3. The first-order chi connectivity index (χ1) is 7.59. The molecule has 1 heterocycles. The van der Waals surface area contributed by atoms with Gasteiger partial charge in [0.15, 0.2) is 0 Å². The minimum atomic E-state index is 0.317. The normalized spacial score (nSPS) is 26.0. The average molecular weight is 223 g/mol. The molecule has 0 aliphatic carbocycles.